The zero-order chi connectivity index (χ0) is 23.2. The van der Waals surface area contributed by atoms with Crippen LogP contribution >= 0.6 is 11.8 Å². The normalized spacial score (nSPS) is 13.5. The average Bonchev–Trinajstić information content (AvgIpc) is 2.61. The van der Waals surface area contributed by atoms with Crippen molar-refractivity contribution in [3.05, 3.63) is 34.9 Å². The van der Waals surface area contributed by atoms with Crippen molar-refractivity contribution in [1.82, 2.24) is 5.32 Å². The Balaban J connectivity index is 4.37. The fraction of sp³-hybridized carbons (Fsp3) is 0.667. The number of allylic oxidation sites excluding steroid dienone is 5. The molecular weight excluding hydrogens is 398 g/mol. The van der Waals surface area contributed by atoms with E-state index < -0.39 is 23.7 Å². The second-order valence-corrected chi connectivity index (χ2v) is 9.79. The third-order valence-electron chi connectivity index (χ3n) is 4.13. The zero-order valence-corrected chi connectivity index (χ0v) is 20.9. The van der Waals surface area contributed by atoms with E-state index in [4.69, 9.17) is 9.47 Å². The highest BCUT2D eigenvalue weighted by Gasteiger charge is 2.24. The smallest absolute Gasteiger partial charge is 0.408 e. The third kappa shape index (κ3) is 16.1. The molecule has 0 aromatic heterocycles. The van der Waals surface area contributed by atoms with Gasteiger partial charge in [-0.3, -0.25) is 0 Å². The largest absolute Gasteiger partial charge is 0.467 e. The van der Waals surface area contributed by atoms with Gasteiger partial charge in [-0.1, -0.05) is 34.9 Å². The zero-order valence-electron chi connectivity index (χ0n) is 20.1. The molecule has 30 heavy (non-hydrogen) atoms. The first-order chi connectivity index (χ1) is 13.9. The molecular formula is C24H41NO4S. The molecule has 0 aliphatic heterocycles. The average molecular weight is 440 g/mol. The van der Waals surface area contributed by atoms with E-state index in [0.717, 1.165) is 31.4 Å². The van der Waals surface area contributed by atoms with Gasteiger partial charge in [0.2, 0.25) is 0 Å². The highest BCUT2D eigenvalue weighted by molar-refractivity contribution is 7.99. The van der Waals surface area contributed by atoms with Crippen molar-refractivity contribution in [2.24, 2.45) is 0 Å². The van der Waals surface area contributed by atoms with Crippen molar-refractivity contribution >= 4 is 23.8 Å². The van der Waals surface area contributed by atoms with Crippen LogP contribution in [0.5, 0.6) is 0 Å². The fourth-order valence-corrected chi connectivity index (χ4v) is 3.48. The second-order valence-electron chi connectivity index (χ2n) is 8.72. The quantitative estimate of drug-likeness (QED) is 0.223. The van der Waals surface area contributed by atoms with E-state index in [1.54, 1.807) is 32.5 Å². The first-order valence-electron chi connectivity index (χ1n) is 10.5. The van der Waals surface area contributed by atoms with Crippen LogP contribution in [0, 0.1) is 0 Å². The number of ether oxygens (including phenoxy) is 2. The Morgan fingerprint density at radius 2 is 1.53 bits per heavy atom. The molecule has 0 aromatic carbocycles. The number of amides is 1. The molecule has 5 nitrogen and oxygen atoms in total. The van der Waals surface area contributed by atoms with Crippen LogP contribution in [0.2, 0.25) is 0 Å². The van der Waals surface area contributed by atoms with Crippen molar-refractivity contribution in [3.8, 4) is 0 Å². The summed E-state index contributed by atoms with van der Waals surface area (Å²) in [5.41, 5.74) is 3.51. The summed E-state index contributed by atoms with van der Waals surface area (Å²) in [6.45, 7) is 13.9. The SMILES string of the molecule is COC(=O)C(CSC/C=C(\C)CC/C=C(\C)CCC=C(C)C)NC(=O)OC(C)(C)C. The number of carbonyl (C=O) groups is 2. The number of carbonyl (C=O) groups excluding carboxylic acids is 2. The van der Waals surface area contributed by atoms with Crippen LogP contribution in [-0.2, 0) is 14.3 Å². The summed E-state index contributed by atoms with van der Waals surface area (Å²) in [4.78, 5) is 23.9. The van der Waals surface area contributed by atoms with E-state index >= 15 is 0 Å². The topological polar surface area (TPSA) is 64.6 Å². The molecule has 0 bridgehead atoms. The van der Waals surface area contributed by atoms with Crippen molar-refractivity contribution in [3.63, 3.8) is 0 Å². The molecule has 0 aliphatic carbocycles. The monoisotopic (exact) mass is 439 g/mol. The van der Waals surface area contributed by atoms with E-state index in [-0.39, 0.29) is 0 Å². The molecule has 0 rings (SSSR count). The minimum absolute atomic E-state index is 0.430. The van der Waals surface area contributed by atoms with Crippen molar-refractivity contribution < 1.29 is 19.1 Å². The Kier molecular flexibility index (Phi) is 14.3. The van der Waals surface area contributed by atoms with E-state index in [2.05, 4.69) is 51.2 Å². The lowest BCUT2D eigenvalue weighted by molar-refractivity contribution is -0.142. The number of hydrogen-bond donors (Lipinski definition) is 1. The molecule has 0 heterocycles. The molecule has 172 valence electrons. The van der Waals surface area contributed by atoms with E-state index in [9.17, 15) is 9.59 Å². The van der Waals surface area contributed by atoms with Gasteiger partial charge in [-0.2, -0.15) is 11.8 Å². The van der Waals surface area contributed by atoms with Gasteiger partial charge in [-0.15, -0.1) is 0 Å². The maximum absolute atomic E-state index is 11.9. The predicted molar refractivity (Wildman–Crippen MR) is 128 cm³/mol. The maximum atomic E-state index is 11.9. The molecule has 0 radical (unpaired) electrons. The van der Waals surface area contributed by atoms with Gasteiger partial charge in [0.25, 0.3) is 0 Å². The van der Waals surface area contributed by atoms with Crippen LogP contribution in [0.3, 0.4) is 0 Å². The van der Waals surface area contributed by atoms with Gasteiger partial charge in [-0.05, 0) is 74.1 Å². The Labute approximate surface area is 187 Å². The molecule has 1 unspecified atom stereocenters. The van der Waals surface area contributed by atoms with Gasteiger partial charge < -0.3 is 14.8 Å². The van der Waals surface area contributed by atoms with Crippen LogP contribution in [-0.4, -0.2) is 42.3 Å². The summed E-state index contributed by atoms with van der Waals surface area (Å²) in [6.07, 6.45) is 10.4. The van der Waals surface area contributed by atoms with Crippen LogP contribution < -0.4 is 5.32 Å². The fourth-order valence-electron chi connectivity index (χ4n) is 2.49. The summed E-state index contributed by atoms with van der Waals surface area (Å²) in [5.74, 6) is 0.736. The number of alkyl carbamates (subject to hydrolysis) is 1. The van der Waals surface area contributed by atoms with Crippen molar-refractivity contribution in [2.45, 2.75) is 85.8 Å². The Bertz CT molecular complexity index is 626. The lowest BCUT2D eigenvalue weighted by Gasteiger charge is -2.22. The highest BCUT2D eigenvalue weighted by atomic mass is 32.2. The number of esters is 1. The number of nitrogens with one attached hydrogen (secondary N) is 1. The molecule has 6 heteroatoms. The van der Waals surface area contributed by atoms with Gasteiger partial charge >= 0.3 is 12.1 Å². The van der Waals surface area contributed by atoms with Crippen LogP contribution in [0.25, 0.3) is 0 Å². The molecule has 1 amide bonds. The van der Waals surface area contributed by atoms with Crippen LogP contribution in [0.15, 0.2) is 34.9 Å². The Hall–Kier alpha value is -1.69. The molecule has 1 atom stereocenters. The maximum Gasteiger partial charge on any atom is 0.408 e. The number of hydrogen-bond acceptors (Lipinski definition) is 5. The van der Waals surface area contributed by atoms with Gasteiger partial charge in [0, 0.05) is 11.5 Å². The van der Waals surface area contributed by atoms with E-state index in [1.807, 2.05) is 0 Å². The van der Waals surface area contributed by atoms with Gasteiger partial charge in [-0.25, -0.2) is 9.59 Å². The number of thioether (sulfide) groups is 1. The summed E-state index contributed by atoms with van der Waals surface area (Å²) >= 11 is 1.58. The Morgan fingerprint density at radius 1 is 0.967 bits per heavy atom. The minimum Gasteiger partial charge on any atom is -0.467 e. The molecule has 0 aromatic rings. The summed E-state index contributed by atoms with van der Waals surface area (Å²) in [6, 6.07) is -0.727. The summed E-state index contributed by atoms with van der Waals surface area (Å²) < 4.78 is 10.0. The van der Waals surface area contributed by atoms with Gasteiger partial charge in [0.05, 0.1) is 7.11 Å². The standard InChI is InChI=1S/C24H41NO4S/c1-18(2)11-9-12-19(3)13-10-14-20(4)15-16-30-17-21(22(26)28-8)25-23(27)29-24(5,6)7/h11,13,15,21H,9-10,12,14,16-17H2,1-8H3,(H,25,27)/b19-13+,20-15+. The first-order valence-corrected chi connectivity index (χ1v) is 11.7. The molecule has 0 fully saturated rings. The summed E-state index contributed by atoms with van der Waals surface area (Å²) in [5, 5.41) is 2.59. The predicted octanol–water partition coefficient (Wildman–Crippen LogP) is 6.21. The molecule has 0 spiro atoms. The second kappa shape index (κ2) is 15.2. The van der Waals surface area contributed by atoms with Crippen LogP contribution in [0.1, 0.15) is 74.1 Å². The highest BCUT2D eigenvalue weighted by Crippen LogP contribution is 2.13. The number of rotatable bonds is 12. The van der Waals surface area contributed by atoms with Gasteiger partial charge in [0.15, 0.2) is 0 Å². The molecule has 0 saturated heterocycles. The van der Waals surface area contributed by atoms with Crippen molar-refractivity contribution in [2.75, 3.05) is 18.6 Å². The Morgan fingerprint density at radius 3 is 2.07 bits per heavy atom. The van der Waals surface area contributed by atoms with Crippen molar-refractivity contribution in [1.29, 1.82) is 0 Å². The lowest BCUT2D eigenvalue weighted by atomic mass is 10.1. The van der Waals surface area contributed by atoms with Crippen LogP contribution in [0.4, 0.5) is 4.79 Å². The minimum atomic E-state index is -0.727. The number of methoxy groups -OCH3 is 1. The molecule has 0 saturated carbocycles. The van der Waals surface area contributed by atoms with E-state index in [1.165, 1.54) is 23.8 Å². The first kappa shape index (κ1) is 28.3. The van der Waals surface area contributed by atoms with E-state index in [0.29, 0.717) is 5.75 Å². The lowest BCUT2D eigenvalue weighted by Crippen LogP contribution is -2.45. The summed E-state index contributed by atoms with van der Waals surface area (Å²) in [7, 11) is 1.32. The molecule has 1 N–H and O–H groups in total. The third-order valence-corrected chi connectivity index (χ3v) is 5.10. The van der Waals surface area contributed by atoms with Gasteiger partial charge in [0.1, 0.15) is 11.6 Å². The molecule has 0 aliphatic rings.